The first-order valence-corrected chi connectivity index (χ1v) is 6.20. The van der Waals surface area contributed by atoms with Crippen LogP contribution in [0.4, 0.5) is 0 Å². The fourth-order valence-electron chi connectivity index (χ4n) is 3.01. The molecule has 2 N–H and O–H groups in total. The van der Waals surface area contributed by atoms with Crippen LogP contribution >= 0.6 is 0 Å². The molecule has 0 saturated carbocycles. The standard InChI is InChI=1S/C12H18N4O/c1-7-9(8(2)15-14-7)6-16-11-3-4-13-10(11)5-12(16)17/h10-11,13H,3-6H2,1-2H3,(H,14,15)/t10-,11-/m1/s1. The summed E-state index contributed by atoms with van der Waals surface area (Å²) in [4.78, 5) is 14.0. The van der Waals surface area contributed by atoms with Gasteiger partial charge in [0.05, 0.1) is 5.69 Å². The highest BCUT2D eigenvalue weighted by Gasteiger charge is 2.42. The molecule has 1 aromatic heterocycles. The lowest BCUT2D eigenvalue weighted by molar-refractivity contribution is -0.129. The van der Waals surface area contributed by atoms with Crippen LogP contribution in [0, 0.1) is 13.8 Å². The number of likely N-dealkylation sites (tertiary alicyclic amines) is 1. The second-order valence-electron chi connectivity index (χ2n) is 5.05. The van der Waals surface area contributed by atoms with Gasteiger partial charge >= 0.3 is 0 Å². The molecule has 1 amide bonds. The maximum Gasteiger partial charge on any atom is 0.224 e. The van der Waals surface area contributed by atoms with Gasteiger partial charge in [-0.2, -0.15) is 5.10 Å². The van der Waals surface area contributed by atoms with Gasteiger partial charge in [0.2, 0.25) is 5.91 Å². The average molecular weight is 234 g/mol. The number of fused-ring (bicyclic) bond motifs is 1. The van der Waals surface area contributed by atoms with E-state index in [9.17, 15) is 4.79 Å². The Hall–Kier alpha value is -1.36. The molecule has 3 heterocycles. The van der Waals surface area contributed by atoms with Gasteiger partial charge in [-0.15, -0.1) is 0 Å². The third kappa shape index (κ3) is 1.65. The van der Waals surface area contributed by atoms with Crippen LogP contribution in [0.2, 0.25) is 0 Å². The Bertz CT molecular complexity index is 434. The van der Waals surface area contributed by atoms with Crippen molar-refractivity contribution in [3.05, 3.63) is 17.0 Å². The minimum atomic E-state index is 0.271. The molecular weight excluding hydrogens is 216 g/mol. The Labute approximate surface area is 101 Å². The summed E-state index contributed by atoms with van der Waals surface area (Å²) in [5.74, 6) is 0.271. The fourth-order valence-corrected chi connectivity index (χ4v) is 3.01. The summed E-state index contributed by atoms with van der Waals surface area (Å²) in [6.45, 7) is 5.74. The summed E-state index contributed by atoms with van der Waals surface area (Å²) in [5, 5.41) is 10.6. The van der Waals surface area contributed by atoms with Gasteiger partial charge < -0.3 is 10.2 Å². The first kappa shape index (κ1) is 10.8. The minimum Gasteiger partial charge on any atom is -0.334 e. The molecule has 1 aromatic rings. The Morgan fingerprint density at radius 1 is 1.47 bits per heavy atom. The summed E-state index contributed by atoms with van der Waals surface area (Å²) in [6, 6.07) is 0.756. The van der Waals surface area contributed by atoms with Gasteiger partial charge in [-0.05, 0) is 26.8 Å². The Balaban J connectivity index is 1.83. The molecule has 2 saturated heterocycles. The lowest BCUT2D eigenvalue weighted by Crippen LogP contribution is -2.35. The van der Waals surface area contributed by atoms with Crippen molar-refractivity contribution in [1.82, 2.24) is 20.4 Å². The van der Waals surface area contributed by atoms with Crippen molar-refractivity contribution in [2.75, 3.05) is 6.54 Å². The topological polar surface area (TPSA) is 61.0 Å². The normalized spacial score (nSPS) is 27.9. The van der Waals surface area contributed by atoms with Gasteiger partial charge in [-0.3, -0.25) is 9.89 Å². The maximum absolute atomic E-state index is 12.0. The van der Waals surface area contributed by atoms with Crippen LogP contribution < -0.4 is 5.32 Å². The zero-order valence-electron chi connectivity index (χ0n) is 10.3. The molecule has 2 atom stereocenters. The van der Waals surface area contributed by atoms with Gasteiger partial charge in [0.25, 0.3) is 0 Å². The third-order valence-corrected chi connectivity index (χ3v) is 4.04. The molecule has 0 radical (unpaired) electrons. The number of carbonyl (C=O) groups excluding carboxylic acids is 1. The largest absolute Gasteiger partial charge is 0.334 e. The number of nitrogens with one attached hydrogen (secondary N) is 2. The highest BCUT2D eigenvalue weighted by Crippen LogP contribution is 2.28. The predicted octanol–water partition coefficient (Wildman–Crippen LogP) is 0.489. The van der Waals surface area contributed by atoms with Crippen molar-refractivity contribution in [1.29, 1.82) is 0 Å². The molecule has 0 aromatic carbocycles. The molecule has 0 bridgehead atoms. The maximum atomic E-state index is 12.0. The van der Waals surface area contributed by atoms with Crippen LogP contribution in [0.15, 0.2) is 0 Å². The zero-order chi connectivity index (χ0) is 12.0. The van der Waals surface area contributed by atoms with Gasteiger partial charge in [0, 0.05) is 36.3 Å². The molecule has 0 aliphatic carbocycles. The number of carbonyl (C=O) groups is 1. The van der Waals surface area contributed by atoms with Gasteiger partial charge in [-0.25, -0.2) is 0 Å². The molecule has 0 unspecified atom stereocenters. The summed E-state index contributed by atoms with van der Waals surface area (Å²) in [6.07, 6.45) is 1.73. The van der Waals surface area contributed by atoms with Crippen molar-refractivity contribution in [3.8, 4) is 0 Å². The number of aromatic nitrogens is 2. The van der Waals surface area contributed by atoms with Gasteiger partial charge in [0.15, 0.2) is 0 Å². The van der Waals surface area contributed by atoms with E-state index in [2.05, 4.69) is 15.5 Å². The Morgan fingerprint density at radius 2 is 2.29 bits per heavy atom. The predicted molar refractivity (Wildman–Crippen MR) is 63.4 cm³/mol. The smallest absolute Gasteiger partial charge is 0.224 e. The van der Waals surface area contributed by atoms with E-state index in [0.29, 0.717) is 25.0 Å². The molecule has 17 heavy (non-hydrogen) atoms. The van der Waals surface area contributed by atoms with E-state index >= 15 is 0 Å². The third-order valence-electron chi connectivity index (χ3n) is 4.04. The highest BCUT2D eigenvalue weighted by atomic mass is 16.2. The van der Waals surface area contributed by atoms with Crippen LogP contribution in [0.25, 0.3) is 0 Å². The molecular formula is C12H18N4O. The van der Waals surface area contributed by atoms with E-state index in [4.69, 9.17) is 0 Å². The Morgan fingerprint density at radius 3 is 3.00 bits per heavy atom. The van der Waals surface area contributed by atoms with Gasteiger partial charge in [0.1, 0.15) is 0 Å². The molecule has 5 nitrogen and oxygen atoms in total. The lowest BCUT2D eigenvalue weighted by atomic mass is 10.1. The number of H-pyrrole nitrogens is 1. The van der Waals surface area contributed by atoms with E-state index < -0.39 is 0 Å². The number of nitrogens with zero attached hydrogens (tertiary/aromatic N) is 2. The van der Waals surface area contributed by atoms with Crippen LogP contribution in [0.5, 0.6) is 0 Å². The van der Waals surface area contributed by atoms with Crippen LogP contribution in [-0.2, 0) is 11.3 Å². The van der Waals surface area contributed by atoms with E-state index in [1.807, 2.05) is 18.7 Å². The second kappa shape index (κ2) is 3.84. The molecule has 2 fully saturated rings. The summed E-state index contributed by atoms with van der Waals surface area (Å²) in [5.41, 5.74) is 3.25. The Kier molecular flexibility index (Phi) is 2.43. The molecule has 92 valence electrons. The lowest BCUT2D eigenvalue weighted by Gasteiger charge is -2.23. The highest BCUT2D eigenvalue weighted by molar-refractivity contribution is 5.80. The molecule has 2 aliphatic rings. The summed E-state index contributed by atoms with van der Waals surface area (Å²) in [7, 11) is 0. The quantitative estimate of drug-likeness (QED) is 0.783. The van der Waals surface area contributed by atoms with E-state index in [-0.39, 0.29) is 5.91 Å². The fraction of sp³-hybridized carbons (Fsp3) is 0.667. The van der Waals surface area contributed by atoms with Crippen LogP contribution in [0.1, 0.15) is 29.8 Å². The van der Waals surface area contributed by atoms with Crippen molar-refractivity contribution in [3.63, 3.8) is 0 Å². The average Bonchev–Trinajstić information content (AvgIpc) is 2.91. The molecule has 5 heteroatoms. The number of amides is 1. The first-order chi connectivity index (χ1) is 8.16. The van der Waals surface area contributed by atoms with Crippen molar-refractivity contribution < 1.29 is 4.79 Å². The van der Waals surface area contributed by atoms with Crippen molar-refractivity contribution in [2.24, 2.45) is 0 Å². The zero-order valence-corrected chi connectivity index (χ0v) is 10.3. The van der Waals surface area contributed by atoms with E-state index in [0.717, 1.165) is 24.4 Å². The van der Waals surface area contributed by atoms with Crippen molar-refractivity contribution in [2.45, 2.75) is 45.3 Å². The molecule has 2 aliphatic heterocycles. The molecule has 3 rings (SSSR count). The van der Waals surface area contributed by atoms with E-state index in [1.165, 1.54) is 5.56 Å². The number of hydrogen-bond acceptors (Lipinski definition) is 3. The monoisotopic (exact) mass is 234 g/mol. The first-order valence-electron chi connectivity index (χ1n) is 6.20. The van der Waals surface area contributed by atoms with Crippen molar-refractivity contribution >= 4 is 5.91 Å². The van der Waals surface area contributed by atoms with Crippen LogP contribution in [0.3, 0.4) is 0 Å². The number of rotatable bonds is 2. The number of aromatic amines is 1. The minimum absolute atomic E-state index is 0.271. The summed E-state index contributed by atoms with van der Waals surface area (Å²) < 4.78 is 0. The summed E-state index contributed by atoms with van der Waals surface area (Å²) >= 11 is 0. The second-order valence-corrected chi connectivity index (χ2v) is 5.05. The molecule has 0 spiro atoms. The number of hydrogen-bond donors (Lipinski definition) is 2. The SMILES string of the molecule is Cc1n[nH]c(C)c1CN1C(=O)C[C@H]2NCC[C@H]21. The van der Waals surface area contributed by atoms with Gasteiger partial charge in [-0.1, -0.05) is 0 Å². The van der Waals surface area contributed by atoms with E-state index in [1.54, 1.807) is 0 Å². The van der Waals surface area contributed by atoms with Crippen LogP contribution in [-0.4, -0.2) is 39.6 Å². The number of aryl methyl sites for hydroxylation is 2.